The molecular formula is C25H33N3O2. The maximum atomic E-state index is 12.3. The minimum Gasteiger partial charge on any atom is -0.497 e. The van der Waals surface area contributed by atoms with Crippen LogP contribution in [0.15, 0.2) is 48.5 Å². The minimum absolute atomic E-state index is 0.0515. The standard InChI is InChI=1S/C25H33N3O2/c1-19(2)15-17-28-23-13-7-6-12-22(23)27-24(28)14-5-4-8-16-26-25(29)20-10-9-11-21(18-20)30-3/h6-7,9-13,18-19H,4-5,8,14-17H2,1-3H3,(H,26,29). The van der Waals surface area contributed by atoms with E-state index in [9.17, 15) is 4.79 Å². The van der Waals surface area contributed by atoms with Gasteiger partial charge in [-0.05, 0) is 55.5 Å². The van der Waals surface area contributed by atoms with Crippen molar-refractivity contribution in [1.82, 2.24) is 14.9 Å². The van der Waals surface area contributed by atoms with E-state index in [-0.39, 0.29) is 5.91 Å². The van der Waals surface area contributed by atoms with E-state index in [0.29, 0.717) is 23.8 Å². The number of rotatable bonds is 11. The molecule has 0 saturated carbocycles. The average Bonchev–Trinajstić information content (AvgIpc) is 3.11. The van der Waals surface area contributed by atoms with Crippen molar-refractivity contribution in [3.63, 3.8) is 0 Å². The second-order valence-electron chi connectivity index (χ2n) is 8.15. The molecule has 0 radical (unpaired) electrons. The van der Waals surface area contributed by atoms with E-state index in [4.69, 9.17) is 9.72 Å². The molecule has 1 amide bonds. The van der Waals surface area contributed by atoms with E-state index >= 15 is 0 Å². The summed E-state index contributed by atoms with van der Waals surface area (Å²) in [6.45, 7) is 6.22. The Labute approximate surface area is 179 Å². The maximum Gasteiger partial charge on any atom is 0.251 e. The maximum absolute atomic E-state index is 12.3. The summed E-state index contributed by atoms with van der Waals surface area (Å²) in [5.41, 5.74) is 2.95. The number of carbonyl (C=O) groups excluding carboxylic acids is 1. The lowest BCUT2D eigenvalue weighted by Crippen LogP contribution is -2.24. The van der Waals surface area contributed by atoms with Gasteiger partial charge in [-0.1, -0.05) is 38.5 Å². The Morgan fingerprint density at radius 3 is 2.73 bits per heavy atom. The molecule has 1 N–H and O–H groups in total. The van der Waals surface area contributed by atoms with E-state index in [1.165, 1.54) is 11.3 Å². The number of hydrogen-bond acceptors (Lipinski definition) is 3. The van der Waals surface area contributed by atoms with Gasteiger partial charge in [0.25, 0.3) is 5.91 Å². The molecule has 2 aromatic carbocycles. The molecule has 0 aliphatic carbocycles. The highest BCUT2D eigenvalue weighted by molar-refractivity contribution is 5.94. The van der Waals surface area contributed by atoms with Crippen molar-refractivity contribution >= 4 is 16.9 Å². The predicted octanol–water partition coefficient (Wildman–Crippen LogP) is 5.23. The minimum atomic E-state index is -0.0515. The van der Waals surface area contributed by atoms with Crippen molar-refractivity contribution in [2.75, 3.05) is 13.7 Å². The van der Waals surface area contributed by atoms with Crippen LogP contribution in [0.5, 0.6) is 5.75 Å². The summed E-state index contributed by atoms with van der Waals surface area (Å²) in [7, 11) is 1.61. The van der Waals surface area contributed by atoms with Crippen LogP contribution in [0.25, 0.3) is 11.0 Å². The van der Waals surface area contributed by atoms with Crippen LogP contribution in [0, 0.1) is 5.92 Å². The third kappa shape index (κ3) is 5.85. The molecule has 160 valence electrons. The van der Waals surface area contributed by atoms with Gasteiger partial charge in [-0.2, -0.15) is 0 Å². The first-order chi connectivity index (χ1) is 14.6. The quantitative estimate of drug-likeness (QED) is 0.443. The predicted molar refractivity (Wildman–Crippen MR) is 122 cm³/mol. The third-order valence-corrected chi connectivity index (χ3v) is 5.36. The fraction of sp³-hybridized carbons (Fsp3) is 0.440. The first-order valence-electron chi connectivity index (χ1n) is 10.9. The average molecular weight is 408 g/mol. The molecular weight excluding hydrogens is 374 g/mol. The molecule has 0 bridgehead atoms. The number of aromatic nitrogens is 2. The summed E-state index contributed by atoms with van der Waals surface area (Å²) in [6, 6.07) is 15.6. The molecule has 0 atom stereocenters. The van der Waals surface area contributed by atoms with Gasteiger partial charge in [0.1, 0.15) is 11.6 Å². The topological polar surface area (TPSA) is 56.1 Å². The molecule has 0 aliphatic rings. The smallest absolute Gasteiger partial charge is 0.251 e. The lowest BCUT2D eigenvalue weighted by molar-refractivity contribution is 0.0952. The van der Waals surface area contributed by atoms with E-state index < -0.39 is 0 Å². The SMILES string of the molecule is COc1cccc(C(=O)NCCCCCc2nc3ccccc3n2CCC(C)C)c1. The number of para-hydroxylation sites is 2. The summed E-state index contributed by atoms with van der Waals surface area (Å²) in [5.74, 6) is 2.50. The number of aryl methyl sites for hydroxylation is 2. The van der Waals surface area contributed by atoms with Gasteiger partial charge in [-0.25, -0.2) is 4.98 Å². The van der Waals surface area contributed by atoms with Crippen LogP contribution >= 0.6 is 0 Å². The van der Waals surface area contributed by atoms with Crippen LogP contribution in [0.4, 0.5) is 0 Å². The second-order valence-corrected chi connectivity index (χ2v) is 8.15. The van der Waals surface area contributed by atoms with Gasteiger partial charge in [0.2, 0.25) is 0 Å². The second kappa shape index (κ2) is 10.8. The molecule has 3 rings (SSSR count). The number of nitrogens with zero attached hydrogens (tertiary/aromatic N) is 2. The number of fused-ring (bicyclic) bond motifs is 1. The van der Waals surface area contributed by atoms with Gasteiger partial charge in [-0.15, -0.1) is 0 Å². The summed E-state index contributed by atoms with van der Waals surface area (Å²) >= 11 is 0. The van der Waals surface area contributed by atoms with E-state index in [1.807, 2.05) is 12.1 Å². The molecule has 1 aromatic heterocycles. The number of amides is 1. The fourth-order valence-electron chi connectivity index (χ4n) is 3.61. The highest BCUT2D eigenvalue weighted by atomic mass is 16.5. The molecule has 1 heterocycles. The van der Waals surface area contributed by atoms with Crippen LogP contribution < -0.4 is 10.1 Å². The van der Waals surface area contributed by atoms with Gasteiger partial charge in [-0.3, -0.25) is 4.79 Å². The fourth-order valence-corrected chi connectivity index (χ4v) is 3.61. The number of nitrogens with one attached hydrogen (secondary N) is 1. The molecule has 0 aliphatic heterocycles. The summed E-state index contributed by atoms with van der Waals surface area (Å²) in [4.78, 5) is 17.1. The van der Waals surface area contributed by atoms with E-state index in [2.05, 4.69) is 48.0 Å². The van der Waals surface area contributed by atoms with E-state index in [1.54, 1.807) is 19.2 Å². The van der Waals surface area contributed by atoms with Crippen molar-refractivity contribution in [2.45, 2.75) is 52.5 Å². The number of methoxy groups -OCH3 is 1. The molecule has 0 spiro atoms. The zero-order valence-electron chi connectivity index (χ0n) is 18.4. The molecule has 30 heavy (non-hydrogen) atoms. The van der Waals surface area contributed by atoms with Gasteiger partial charge < -0.3 is 14.6 Å². The first-order valence-corrected chi connectivity index (χ1v) is 10.9. The summed E-state index contributed by atoms with van der Waals surface area (Å²) in [5, 5.41) is 3.00. The zero-order valence-corrected chi connectivity index (χ0v) is 18.4. The number of unbranched alkanes of at least 4 members (excludes halogenated alkanes) is 2. The van der Waals surface area contributed by atoms with Gasteiger partial charge in [0, 0.05) is 25.1 Å². The number of ether oxygens (including phenoxy) is 1. The number of imidazole rings is 1. The Morgan fingerprint density at radius 2 is 1.93 bits per heavy atom. The Morgan fingerprint density at radius 1 is 1.10 bits per heavy atom. The zero-order chi connectivity index (χ0) is 21.3. The van der Waals surface area contributed by atoms with Crippen LogP contribution in [0.1, 0.15) is 55.7 Å². The third-order valence-electron chi connectivity index (χ3n) is 5.36. The van der Waals surface area contributed by atoms with Crippen molar-refractivity contribution in [3.8, 4) is 5.75 Å². The molecule has 5 nitrogen and oxygen atoms in total. The van der Waals surface area contributed by atoms with Crippen LogP contribution in [-0.4, -0.2) is 29.1 Å². The van der Waals surface area contributed by atoms with Crippen molar-refractivity contribution in [1.29, 1.82) is 0 Å². The molecule has 3 aromatic rings. The number of hydrogen-bond donors (Lipinski definition) is 1. The molecule has 0 fully saturated rings. The van der Waals surface area contributed by atoms with Gasteiger partial charge in [0.15, 0.2) is 0 Å². The monoisotopic (exact) mass is 407 g/mol. The Balaban J connectivity index is 1.46. The van der Waals surface area contributed by atoms with Gasteiger partial charge in [0.05, 0.1) is 18.1 Å². The summed E-state index contributed by atoms with van der Waals surface area (Å²) < 4.78 is 7.57. The van der Waals surface area contributed by atoms with Crippen molar-refractivity contribution < 1.29 is 9.53 Å². The highest BCUT2D eigenvalue weighted by Crippen LogP contribution is 2.19. The normalized spacial score (nSPS) is 11.2. The van der Waals surface area contributed by atoms with Crippen molar-refractivity contribution in [3.05, 3.63) is 59.9 Å². The molecule has 5 heteroatoms. The highest BCUT2D eigenvalue weighted by Gasteiger charge is 2.11. The Bertz CT molecular complexity index is 962. The van der Waals surface area contributed by atoms with Crippen LogP contribution in [0.2, 0.25) is 0 Å². The number of benzene rings is 2. The lowest BCUT2D eigenvalue weighted by atomic mass is 10.1. The van der Waals surface area contributed by atoms with Crippen LogP contribution in [0.3, 0.4) is 0 Å². The first kappa shape index (κ1) is 21.9. The van der Waals surface area contributed by atoms with Crippen molar-refractivity contribution in [2.24, 2.45) is 5.92 Å². The molecule has 0 saturated heterocycles. The van der Waals surface area contributed by atoms with Crippen LogP contribution in [-0.2, 0) is 13.0 Å². The number of carbonyl (C=O) groups is 1. The van der Waals surface area contributed by atoms with E-state index in [0.717, 1.165) is 44.2 Å². The largest absolute Gasteiger partial charge is 0.497 e. The molecule has 0 unspecified atom stereocenters. The Hall–Kier alpha value is -2.82. The Kier molecular flexibility index (Phi) is 7.89. The lowest BCUT2D eigenvalue weighted by Gasteiger charge is -2.11. The van der Waals surface area contributed by atoms with Gasteiger partial charge >= 0.3 is 0 Å². The summed E-state index contributed by atoms with van der Waals surface area (Å²) in [6.07, 6.45) is 5.22.